The minimum atomic E-state index is -4.17. The van der Waals surface area contributed by atoms with Crippen LogP contribution < -0.4 is 11.1 Å². The van der Waals surface area contributed by atoms with Crippen LogP contribution >= 0.6 is 11.6 Å². The fraction of sp³-hybridized carbons (Fsp3) is 0.263. The number of anilines is 1. The second kappa shape index (κ2) is 8.48. The molecule has 2 aromatic rings. The number of nitrogens with zero attached hydrogens (tertiary/aromatic N) is 1. The van der Waals surface area contributed by atoms with Crippen molar-refractivity contribution in [2.24, 2.45) is 11.7 Å². The van der Waals surface area contributed by atoms with Crippen molar-refractivity contribution in [2.75, 3.05) is 18.4 Å². The molecule has 0 radical (unpaired) electrons. The van der Waals surface area contributed by atoms with Crippen molar-refractivity contribution in [2.45, 2.75) is 17.7 Å². The molecular formula is C19H19ClFN3O4S. The molecule has 154 valence electrons. The van der Waals surface area contributed by atoms with Gasteiger partial charge in [0.1, 0.15) is 10.7 Å². The predicted molar refractivity (Wildman–Crippen MR) is 106 cm³/mol. The van der Waals surface area contributed by atoms with Gasteiger partial charge in [-0.15, -0.1) is 0 Å². The normalized spacial score (nSPS) is 15.8. The quantitative estimate of drug-likeness (QED) is 0.746. The van der Waals surface area contributed by atoms with Crippen LogP contribution in [0.1, 0.15) is 23.2 Å². The maximum absolute atomic E-state index is 14.3. The predicted octanol–water partition coefficient (Wildman–Crippen LogP) is 2.62. The fourth-order valence-corrected chi connectivity index (χ4v) is 4.88. The van der Waals surface area contributed by atoms with E-state index < -0.39 is 38.5 Å². The molecule has 0 aromatic heterocycles. The molecule has 0 aliphatic carbocycles. The highest BCUT2D eigenvalue weighted by Gasteiger charge is 2.33. The fourth-order valence-electron chi connectivity index (χ4n) is 3.13. The topological polar surface area (TPSA) is 110 Å². The van der Waals surface area contributed by atoms with Gasteiger partial charge in [0.25, 0.3) is 5.91 Å². The zero-order valence-electron chi connectivity index (χ0n) is 15.3. The van der Waals surface area contributed by atoms with E-state index in [1.165, 1.54) is 12.1 Å². The molecule has 0 spiro atoms. The van der Waals surface area contributed by atoms with Crippen molar-refractivity contribution in [3.63, 3.8) is 0 Å². The lowest BCUT2D eigenvalue weighted by Gasteiger charge is -2.29. The number of amides is 2. The Bertz CT molecular complexity index is 1050. The van der Waals surface area contributed by atoms with Gasteiger partial charge in [-0.25, -0.2) is 12.8 Å². The molecule has 0 bridgehead atoms. The molecule has 1 aliphatic heterocycles. The summed E-state index contributed by atoms with van der Waals surface area (Å²) >= 11 is 5.88. The molecule has 0 saturated carbocycles. The minimum Gasteiger partial charge on any atom is -0.369 e. The van der Waals surface area contributed by atoms with Crippen LogP contribution in [0.3, 0.4) is 0 Å². The highest BCUT2D eigenvalue weighted by Crippen LogP contribution is 2.26. The van der Waals surface area contributed by atoms with Crippen LogP contribution in [0.5, 0.6) is 0 Å². The monoisotopic (exact) mass is 439 g/mol. The van der Waals surface area contributed by atoms with Crippen LogP contribution in [0, 0.1) is 11.7 Å². The second-order valence-corrected chi connectivity index (χ2v) is 9.03. The molecule has 7 nitrogen and oxygen atoms in total. The molecule has 2 aromatic carbocycles. The van der Waals surface area contributed by atoms with E-state index in [4.69, 9.17) is 17.3 Å². The number of piperidine rings is 1. The number of halogens is 2. The van der Waals surface area contributed by atoms with Crippen LogP contribution in [-0.2, 0) is 14.8 Å². The van der Waals surface area contributed by atoms with E-state index in [-0.39, 0.29) is 31.5 Å². The first-order valence-corrected chi connectivity index (χ1v) is 10.7. The molecule has 3 rings (SSSR count). The Morgan fingerprint density at radius 2 is 1.83 bits per heavy atom. The van der Waals surface area contributed by atoms with Gasteiger partial charge in [-0.2, -0.15) is 4.31 Å². The van der Waals surface area contributed by atoms with Crippen LogP contribution in [0.15, 0.2) is 47.4 Å². The third-order valence-electron chi connectivity index (χ3n) is 4.75. The van der Waals surface area contributed by atoms with Gasteiger partial charge in [-0.3, -0.25) is 9.59 Å². The zero-order chi connectivity index (χ0) is 21.2. The summed E-state index contributed by atoms with van der Waals surface area (Å²) in [6.45, 7) is 0.0998. The van der Waals surface area contributed by atoms with Gasteiger partial charge in [-0.05, 0) is 49.2 Å². The van der Waals surface area contributed by atoms with Gasteiger partial charge in [0.2, 0.25) is 15.9 Å². The first kappa shape index (κ1) is 21.2. The molecule has 3 N–H and O–H groups in total. The van der Waals surface area contributed by atoms with Gasteiger partial charge in [0.05, 0.1) is 0 Å². The SMILES string of the molecule is NC(=O)C1CCN(S(=O)(=O)c2cc(C(=O)Nc3cccc(Cl)c3)ccc2F)CC1. The number of sulfonamides is 1. The van der Waals surface area contributed by atoms with Crippen LogP contribution in [0.2, 0.25) is 5.02 Å². The molecule has 2 amide bonds. The number of nitrogens with two attached hydrogens (primary N) is 1. The number of benzene rings is 2. The van der Waals surface area contributed by atoms with Crippen molar-refractivity contribution in [3.05, 3.63) is 58.9 Å². The Labute approximate surface area is 172 Å². The van der Waals surface area contributed by atoms with Gasteiger partial charge >= 0.3 is 0 Å². The maximum atomic E-state index is 14.3. The third-order valence-corrected chi connectivity index (χ3v) is 6.90. The number of nitrogens with one attached hydrogen (secondary N) is 1. The summed E-state index contributed by atoms with van der Waals surface area (Å²) < 4.78 is 41.2. The molecule has 1 fully saturated rings. The van der Waals surface area contributed by atoms with Crippen molar-refractivity contribution < 1.29 is 22.4 Å². The van der Waals surface area contributed by atoms with Crippen molar-refractivity contribution in [3.8, 4) is 0 Å². The van der Waals surface area contributed by atoms with Crippen LogP contribution in [-0.4, -0.2) is 37.6 Å². The second-order valence-electron chi connectivity index (χ2n) is 6.69. The molecule has 1 saturated heterocycles. The molecule has 1 heterocycles. The third kappa shape index (κ3) is 4.75. The van der Waals surface area contributed by atoms with E-state index in [1.54, 1.807) is 18.2 Å². The van der Waals surface area contributed by atoms with Crippen LogP contribution in [0.4, 0.5) is 10.1 Å². The number of carbonyl (C=O) groups is 2. The average Bonchev–Trinajstić information content (AvgIpc) is 2.68. The number of hydrogen-bond acceptors (Lipinski definition) is 4. The Morgan fingerprint density at radius 3 is 2.45 bits per heavy atom. The van der Waals surface area contributed by atoms with E-state index >= 15 is 0 Å². The molecular weight excluding hydrogens is 421 g/mol. The van der Waals surface area contributed by atoms with Gasteiger partial charge < -0.3 is 11.1 Å². The zero-order valence-corrected chi connectivity index (χ0v) is 16.8. The number of carbonyl (C=O) groups excluding carboxylic acids is 2. The lowest BCUT2D eigenvalue weighted by Crippen LogP contribution is -2.42. The van der Waals surface area contributed by atoms with Gasteiger partial charge in [0, 0.05) is 35.3 Å². The number of primary amides is 1. The maximum Gasteiger partial charge on any atom is 0.255 e. The summed E-state index contributed by atoms with van der Waals surface area (Å²) in [5.74, 6) is -2.44. The van der Waals surface area contributed by atoms with Crippen molar-refractivity contribution in [1.82, 2.24) is 4.31 Å². The summed E-state index contributed by atoms with van der Waals surface area (Å²) in [7, 11) is -4.17. The van der Waals surface area contributed by atoms with Crippen LogP contribution in [0.25, 0.3) is 0 Å². The van der Waals surface area contributed by atoms with Gasteiger partial charge in [0.15, 0.2) is 0 Å². The minimum absolute atomic E-state index is 0.0167. The van der Waals surface area contributed by atoms with E-state index in [9.17, 15) is 22.4 Å². The Kier molecular flexibility index (Phi) is 6.21. The number of hydrogen-bond donors (Lipinski definition) is 2. The number of rotatable bonds is 5. The van der Waals surface area contributed by atoms with Gasteiger partial charge in [-0.1, -0.05) is 17.7 Å². The smallest absolute Gasteiger partial charge is 0.255 e. The summed E-state index contributed by atoms with van der Waals surface area (Å²) in [5, 5.41) is 3.01. The van der Waals surface area contributed by atoms with E-state index in [0.717, 1.165) is 16.4 Å². The first-order valence-electron chi connectivity index (χ1n) is 8.84. The van der Waals surface area contributed by atoms with E-state index in [0.29, 0.717) is 10.7 Å². The van der Waals surface area contributed by atoms with E-state index in [2.05, 4.69) is 5.32 Å². The Morgan fingerprint density at radius 1 is 1.14 bits per heavy atom. The van der Waals surface area contributed by atoms with E-state index in [1.807, 2.05) is 0 Å². The highest BCUT2D eigenvalue weighted by molar-refractivity contribution is 7.89. The lowest BCUT2D eigenvalue weighted by molar-refractivity contribution is -0.122. The molecule has 1 aliphatic rings. The Balaban J connectivity index is 1.83. The Hall–Kier alpha value is -2.49. The van der Waals surface area contributed by atoms with Crippen molar-refractivity contribution >= 4 is 39.1 Å². The molecule has 0 atom stereocenters. The lowest BCUT2D eigenvalue weighted by atomic mass is 9.98. The summed E-state index contributed by atoms with van der Waals surface area (Å²) in [6.07, 6.45) is 0.538. The highest BCUT2D eigenvalue weighted by atomic mass is 35.5. The summed E-state index contributed by atoms with van der Waals surface area (Å²) in [5.41, 5.74) is 5.67. The summed E-state index contributed by atoms with van der Waals surface area (Å²) in [6, 6.07) is 9.58. The summed E-state index contributed by atoms with van der Waals surface area (Å²) in [4.78, 5) is 23.2. The molecule has 10 heteroatoms. The molecule has 0 unspecified atom stereocenters. The molecule has 29 heavy (non-hydrogen) atoms. The first-order chi connectivity index (χ1) is 13.7. The average molecular weight is 440 g/mol. The largest absolute Gasteiger partial charge is 0.369 e. The standard InChI is InChI=1S/C19H19ClFN3O4S/c20-14-2-1-3-15(11-14)23-19(26)13-4-5-16(21)17(10-13)29(27,28)24-8-6-12(7-9-24)18(22)25/h1-5,10-12H,6-9H2,(H2,22,25)(H,23,26). The van der Waals surface area contributed by atoms with Crippen molar-refractivity contribution in [1.29, 1.82) is 0 Å².